The molecule has 6 heteroatoms. The third-order valence-corrected chi connectivity index (χ3v) is 4.07. The van der Waals surface area contributed by atoms with Crippen molar-refractivity contribution in [2.75, 3.05) is 5.32 Å². The monoisotopic (exact) mass is 324 g/mol. The Labute approximate surface area is 137 Å². The number of H-pyrrole nitrogens is 1. The number of aromatic nitrogens is 2. The van der Waals surface area contributed by atoms with Crippen LogP contribution in [-0.2, 0) is 6.42 Å². The van der Waals surface area contributed by atoms with Crippen LogP contribution in [0.25, 0.3) is 11.3 Å². The molecule has 2 aromatic carbocycles. The number of aromatic amines is 1. The van der Waals surface area contributed by atoms with Gasteiger partial charge in [0.15, 0.2) is 0 Å². The third kappa shape index (κ3) is 2.27. The molecule has 4 rings (SSSR count). The van der Waals surface area contributed by atoms with Crippen molar-refractivity contribution in [3.8, 4) is 11.3 Å². The van der Waals surface area contributed by atoms with Crippen LogP contribution in [0.15, 0.2) is 47.6 Å². The number of rotatable bonds is 2. The molecule has 0 saturated heterocycles. The molecule has 0 radical (unpaired) electrons. The van der Waals surface area contributed by atoms with Crippen molar-refractivity contribution in [1.82, 2.24) is 10.2 Å². The summed E-state index contributed by atoms with van der Waals surface area (Å²) in [5, 5.41) is 10.0. The number of amidine groups is 1. The van der Waals surface area contributed by atoms with Gasteiger partial charge in [-0.3, -0.25) is 5.10 Å². The summed E-state index contributed by atoms with van der Waals surface area (Å²) in [6.07, 6.45) is 2.43. The minimum Gasteiger partial charge on any atom is -0.339 e. The highest BCUT2D eigenvalue weighted by Crippen LogP contribution is 2.37. The number of nitrogens with one attached hydrogen (secondary N) is 2. The maximum atomic E-state index is 14.2. The van der Waals surface area contributed by atoms with Crippen LogP contribution in [0, 0.1) is 11.6 Å². The van der Waals surface area contributed by atoms with E-state index < -0.39 is 11.6 Å². The van der Waals surface area contributed by atoms with E-state index in [-0.39, 0.29) is 11.4 Å². The average molecular weight is 324 g/mol. The normalized spacial score (nSPS) is 12.7. The number of hydrogen-bond donors (Lipinski definition) is 2. The number of fused-ring (bicyclic) bond motifs is 3. The smallest absolute Gasteiger partial charge is 0.144 e. The Morgan fingerprint density at radius 3 is 2.62 bits per heavy atom. The van der Waals surface area contributed by atoms with E-state index in [9.17, 15) is 8.78 Å². The van der Waals surface area contributed by atoms with Crippen molar-refractivity contribution in [2.45, 2.75) is 13.3 Å². The second kappa shape index (κ2) is 5.56. The summed E-state index contributed by atoms with van der Waals surface area (Å²) in [5.41, 5.74) is 3.81. The molecule has 1 aliphatic rings. The molecular weight excluding hydrogens is 310 g/mol. The lowest BCUT2D eigenvalue weighted by molar-refractivity contribution is 0.579. The van der Waals surface area contributed by atoms with Crippen LogP contribution in [0.1, 0.15) is 18.1 Å². The maximum Gasteiger partial charge on any atom is 0.144 e. The van der Waals surface area contributed by atoms with Gasteiger partial charge in [0, 0.05) is 11.3 Å². The summed E-state index contributed by atoms with van der Waals surface area (Å²) in [6, 6.07) is 9.64. The second-order valence-corrected chi connectivity index (χ2v) is 5.55. The highest BCUT2D eigenvalue weighted by atomic mass is 19.1. The van der Waals surface area contributed by atoms with E-state index >= 15 is 0 Å². The van der Waals surface area contributed by atoms with Gasteiger partial charge in [0.1, 0.15) is 23.2 Å². The number of aryl methyl sites for hydroxylation is 1. The molecule has 1 aromatic heterocycles. The first-order valence-electron chi connectivity index (χ1n) is 7.64. The molecule has 0 amide bonds. The van der Waals surface area contributed by atoms with Crippen molar-refractivity contribution in [3.63, 3.8) is 0 Å². The fraction of sp³-hybridized carbons (Fsp3) is 0.111. The van der Waals surface area contributed by atoms with Gasteiger partial charge in [-0.1, -0.05) is 19.1 Å². The van der Waals surface area contributed by atoms with Gasteiger partial charge < -0.3 is 5.32 Å². The van der Waals surface area contributed by atoms with Crippen molar-refractivity contribution in [1.29, 1.82) is 0 Å². The summed E-state index contributed by atoms with van der Waals surface area (Å²) >= 11 is 0. The first-order valence-corrected chi connectivity index (χ1v) is 7.64. The summed E-state index contributed by atoms with van der Waals surface area (Å²) in [6.45, 7) is 2.07. The van der Waals surface area contributed by atoms with Crippen LogP contribution in [0.2, 0.25) is 0 Å². The predicted molar refractivity (Wildman–Crippen MR) is 89.6 cm³/mol. The largest absolute Gasteiger partial charge is 0.339 e. The zero-order valence-electron chi connectivity index (χ0n) is 12.9. The fourth-order valence-corrected chi connectivity index (χ4v) is 2.81. The zero-order valence-corrected chi connectivity index (χ0v) is 12.9. The number of benzene rings is 2. The Balaban J connectivity index is 1.94. The van der Waals surface area contributed by atoms with E-state index in [4.69, 9.17) is 0 Å². The van der Waals surface area contributed by atoms with Gasteiger partial charge in [0.05, 0.1) is 17.5 Å². The molecule has 0 aliphatic carbocycles. The van der Waals surface area contributed by atoms with Crippen molar-refractivity contribution in [3.05, 3.63) is 65.4 Å². The molecule has 2 heterocycles. The van der Waals surface area contributed by atoms with Crippen molar-refractivity contribution < 1.29 is 8.78 Å². The first kappa shape index (κ1) is 14.6. The SMILES string of the molecule is CCc1ccc2c(c1)-c1[nH]ncc1N=C(c1c(F)cccc1F)N2. The van der Waals surface area contributed by atoms with Gasteiger partial charge >= 0.3 is 0 Å². The summed E-state index contributed by atoms with van der Waals surface area (Å²) in [4.78, 5) is 4.39. The lowest BCUT2D eigenvalue weighted by atomic mass is 10.0. The Hall–Kier alpha value is -3.02. The Bertz CT molecular complexity index is 939. The van der Waals surface area contributed by atoms with Crippen LogP contribution >= 0.6 is 0 Å². The van der Waals surface area contributed by atoms with Crippen LogP contribution in [-0.4, -0.2) is 16.0 Å². The molecule has 0 unspecified atom stereocenters. The zero-order chi connectivity index (χ0) is 16.7. The molecule has 1 aliphatic heterocycles. The minimum atomic E-state index is -0.667. The van der Waals surface area contributed by atoms with Gasteiger partial charge in [-0.15, -0.1) is 0 Å². The second-order valence-electron chi connectivity index (χ2n) is 5.55. The standard InChI is InChI=1S/C18H14F2N4/c1-2-10-6-7-14-11(8-10)17-15(9-21-24-17)23-18(22-14)16-12(19)4-3-5-13(16)20/h3-9H,2H2,1H3,(H,21,24)(H,22,23). The molecule has 0 fully saturated rings. The highest BCUT2D eigenvalue weighted by Gasteiger charge is 2.22. The molecule has 0 bridgehead atoms. The Morgan fingerprint density at radius 1 is 1.08 bits per heavy atom. The summed E-state index contributed by atoms with van der Waals surface area (Å²) in [5.74, 6) is -1.21. The number of hydrogen-bond acceptors (Lipinski definition) is 3. The minimum absolute atomic E-state index is 0.122. The number of halogens is 2. The molecule has 0 spiro atoms. The van der Waals surface area contributed by atoms with E-state index in [0.717, 1.165) is 28.9 Å². The van der Waals surface area contributed by atoms with Crippen LogP contribution < -0.4 is 5.32 Å². The fourth-order valence-electron chi connectivity index (χ4n) is 2.81. The lowest BCUT2D eigenvalue weighted by Crippen LogP contribution is -2.17. The molecule has 0 atom stereocenters. The molecule has 2 N–H and O–H groups in total. The average Bonchev–Trinajstić information content (AvgIpc) is 2.97. The van der Waals surface area contributed by atoms with Gasteiger partial charge in [-0.25, -0.2) is 13.8 Å². The molecule has 4 nitrogen and oxygen atoms in total. The number of aliphatic imine (C=N–C) groups is 1. The van der Waals surface area contributed by atoms with Crippen LogP contribution in [0.4, 0.5) is 20.2 Å². The lowest BCUT2D eigenvalue weighted by Gasteiger charge is -2.13. The van der Waals surface area contributed by atoms with Gasteiger partial charge in [-0.05, 0) is 36.2 Å². The molecule has 24 heavy (non-hydrogen) atoms. The highest BCUT2D eigenvalue weighted by molar-refractivity contribution is 6.13. The van der Waals surface area contributed by atoms with E-state index in [1.807, 2.05) is 18.2 Å². The number of anilines is 1. The molecule has 0 saturated carbocycles. The number of nitrogens with zero attached hydrogens (tertiary/aromatic N) is 2. The van der Waals surface area contributed by atoms with E-state index in [0.29, 0.717) is 5.69 Å². The van der Waals surface area contributed by atoms with E-state index in [2.05, 4.69) is 27.4 Å². The maximum absolute atomic E-state index is 14.2. The van der Waals surface area contributed by atoms with Crippen molar-refractivity contribution >= 4 is 17.2 Å². The first-order chi connectivity index (χ1) is 11.7. The van der Waals surface area contributed by atoms with Crippen molar-refractivity contribution in [2.24, 2.45) is 4.99 Å². The third-order valence-electron chi connectivity index (χ3n) is 4.07. The Kier molecular flexibility index (Phi) is 3.37. The molecule has 120 valence electrons. The van der Waals surface area contributed by atoms with Gasteiger partial charge in [0.25, 0.3) is 0 Å². The molecule has 3 aromatic rings. The topological polar surface area (TPSA) is 53.1 Å². The molecular formula is C18H14F2N4. The summed E-state index contributed by atoms with van der Waals surface area (Å²) < 4.78 is 28.4. The summed E-state index contributed by atoms with van der Waals surface area (Å²) in [7, 11) is 0. The van der Waals surface area contributed by atoms with Gasteiger partial charge in [0.2, 0.25) is 0 Å². The van der Waals surface area contributed by atoms with Crippen LogP contribution in [0.5, 0.6) is 0 Å². The Morgan fingerprint density at radius 2 is 1.88 bits per heavy atom. The van der Waals surface area contributed by atoms with Gasteiger partial charge in [-0.2, -0.15) is 5.10 Å². The quantitative estimate of drug-likeness (QED) is 0.733. The van der Waals surface area contributed by atoms with Crippen LogP contribution in [0.3, 0.4) is 0 Å². The predicted octanol–water partition coefficient (Wildman–Crippen LogP) is 4.42. The van der Waals surface area contributed by atoms with E-state index in [1.54, 1.807) is 6.20 Å². The van der Waals surface area contributed by atoms with E-state index in [1.165, 1.54) is 18.2 Å².